The minimum atomic E-state index is 0.104. The van der Waals surface area contributed by atoms with E-state index in [2.05, 4.69) is 22.3 Å². The predicted molar refractivity (Wildman–Crippen MR) is 130 cm³/mol. The summed E-state index contributed by atoms with van der Waals surface area (Å²) in [7, 11) is 0. The topological polar surface area (TPSA) is 52.7 Å². The normalized spacial score (nSPS) is 22.2. The fraction of sp³-hybridized carbons (Fsp3) is 0.500. The molecular formula is C28H35N3O2. The van der Waals surface area contributed by atoms with Crippen LogP contribution in [0.15, 0.2) is 54.6 Å². The minimum Gasteiger partial charge on any atom is -0.352 e. The molecule has 1 aliphatic carbocycles. The Labute approximate surface area is 197 Å². The quantitative estimate of drug-likeness (QED) is 0.724. The summed E-state index contributed by atoms with van der Waals surface area (Å²) in [4.78, 5) is 30.2. The van der Waals surface area contributed by atoms with Crippen LogP contribution in [0.1, 0.15) is 60.0 Å². The minimum absolute atomic E-state index is 0.104. The molecule has 5 nitrogen and oxygen atoms in total. The molecule has 0 unspecified atom stereocenters. The van der Waals surface area contributed by atoms with E-state index >= 15 is 0 Å². The highest BCUT2D eigenvalue weighted by atomic mass is 16.2. The van der Waals surface area contributed by atoms with E-state index in [1.54, 1.807) is 0 Å². The van der Waals surface area contributed by atoms with Gasteiger partial charge in [-0.1, -0.05) is 48.9 Å². The number of carbonyl (C=O) groups excluding carboxylic acids is 2. The highest BCUT2D eigenvalue weighted by Gasteiger charge is 2.58. The summed E-state index contributed by atoms with van der Waals surface area (Å²) in [6.45, 7) is 5.43. The van der Waals surface area contributed by atoms with Crippen molar-refractivity contribution in [1.29, 1.82) is 0 Å². The van der Waals surface area contributed by atoms with Crippen molar-refractivity contribution >= 4 is 11.8 Å². The molecule has 0 aromatic heterocycles. The molecule has 5 rings (SSSR count). The average molecular weight is 446 g/mol. The third-order valence-corrected chi connectivity index (χ3v) is 7.92. The van der Waals surface area contributed by atoms with Gasteiger partial charge in [0.25, 0.3) is 5.91 Å². The highest BCUT2D eigenvalue weighted by molar-refractivity contribution is 5.94. The van der Waals surface area contributed by atoms with Crippen molar-refractivity contribution in [3.8, 4) is 0 Å². The zero-order chi connectivity index (χ0) is 22.7. The molecular weight excluding hydrogens is 410 g/mol. The molecule has 3 fully saturated rings. The van der Waals surface area contributed by atoms with Crippen LogP contribution in [0.25, 0.3) is 0 Å². The Morgan fingerprint density at radius 3 is 2.24 bits per heavy atom. The second kappa shape index (κ2) is 9.68. The second-order valence-corrected chi connectivity index (χ2v) is 10.1. The predicted octanol–water partition coefficient (Wildman–Crippen LogP) is 4.23. The Morgan fingerprint density at radius 2 is 1.55 bits per heavy atom. The van der Waals surface area contributed by atoms with Crippen LogP contribution < -0.4 is 5.32 Å². The van der Waals surface area contributed by atoms with Crippen LogP contribution in [0.3, 0.4) is 0 Å². The van der Waals surface area contributed by atoms with E-state index in [-0.39, 0.29) is 23.1 Å². The Bertz CT molecular complexity index is 958. The number of hydrogen-bond acceptors (Lipinski definition) is 3. The second-order valence-electron chi connectivity index (χ2n) is 10.1. The molecule has 2 saturated heterocycles. The fourth-order valence-electron chi connectivity index (χ4n) is 5.65. The number of nitrogens with one attached hydrogen (secondary N) is 1. The summed E-state index contributed by atoms with van der Waals surface area (Å²) < 4.78 is 0. The first-order valence-corrected chi connectivity index (χ1v) is 12.6. The third kappa shape index (κ3) is 5.14. The van der Waals surface area contributed by atoms with Gasteiger partial charge in [0.2, 0.25) is 5.91 Å². The van der Waals surface area contributed by atoms with Gasteiger partial charge in [0.15, 0.2) is 0 Å². The summed E-state index contributed by atoms with van der Waals surface area (Å²) in [6, 6.07) is 18.2. The number of carbonyl (C=O) groups is 2. The van der Waals surface area contributed by atoms with Crippen molar-refractivity contribution in [3.63, 3.8) is 0 Å². The van der Waals surface area contributed by atoms with Gasteiger partial charge in [0.05, 0.1) is 0 Å². The molecule has 0 bridgehead atoms. The molecule has 2 heterocycles. The Kier molecular flexibility index (Phi) is 6.50. The molecule has 2 aromatic carbocycles. The Balaban J connectivity index is 1.09. The lowest BCUT2D eigenvalue weighted by atomic mass is 9.90. The first kappa shape index (κ1) is 22.1. The molecule has 2 aliphatic heterocycles. The summed E-state index contributed by atoms with van der Waals surface area (Å²) in [5, 5.41) is 3.10. The molecule has 1 N–H and O–H groups in total. The van der Waals surface area contributed by atoms with Crippen molar-refractivity contribution in [2.24, 2.45) is 11.3 Å². The van der Waals surface area contributed by atoms with Crippen molar-refractivity contribution < 1.29 is 9.59 Å². The number of piperidine rings is 2. The molecule has 33 heavy (non-hydrogen) atoms. The zero-order valence-electron chi connectivity index (χ0n) is 19.5. The molecule has 174 valence electrons. The van der Waals surface area contributed by atoms with Gasteiger partial charge >= 0.3 is 0 Å². The lowest BCUT2D eigenvalue weighted by Crippen LogP contribution is -2.40. The largest absolute Gasteiger partial charge is 0.352 e. The maximum atomic E-state index is 13.0. The monoisotopic (exact) mass is 445 g/mol. The number of rotatable bonds is 6. The molecule has 5 heteroatoms. The van der Waals surface area contributed by atoms with Crippen molar-refractivity contribution in [2.75, 3.05) is 26.2 Å². The van der Waals surface area contributed by atoms with Crippen LogP contribution in [-0.2, 0) is 17.9 Å². The summed E-state index contributed by atoms with van der Waals surface area (Å²) in [5.74, 6) is 0.399. The molecule has 1 atom stereocenters. The van der Waals surface area contributed by atoms with Gasteiger partial charge in [-0.15, -0.1) is 0 Å². The van der Waals surface area contributed by atoms with Crippen molar-refractivity contribution in [3.05, 3.63) is 71.3 Å². The summed E-state index contributed by atoms with van der Waals surface area (Å²) >= 11 is 0. The van der Waals surface area contributed by atoms with Gasteiger partial charge in [0, 0.05) is 37.7 Å². The van der Waals surface area contributed by atoms with Crippen molar-refractivity contribution in [2.45, 2.75) is 51.6 Å². The molecule has 3 aliphatic rings. The van der Waals surface area contributed by atoms with Gasteiger partial charge in [-0.2, -0.15) is 0 Å². The lowest BCUT2D eigenvalue weighted by molar-refractivity contribution is -0.123. The van der Waals surface area contributed by atoms with Gasteiger partial charge in [0.1, 0.15) is 0 Å². The van der Waals surface area contributed by atoms with Gasteiger partial charge < -0.3 is 10.2 Å². The van der Waals surface area contributed by atoms with Crippen LogP contribution in [0.4, 0.5) is 0 Å². The fourth-order valence-corrected chi connectivity index (χ4v) is 5.65. The number of hydrogen-bond donors (Lipinski definition) is 1. The van der Waals surface area contributed by atoms with Crippen LogP contribution in [0.2, 0.25) is 0 Å². The zero-order valence-corrected chi connectivity index (χ0v) is 19.5. The van der Waals surface area contributed by atoms with E-state index in [4.69, 9.17) is 0 Å². The number of benzene rings is 2. The van der Waals surface area contributed by atoms with E-state index in [1.165, 1.54) is 37.9 Å². The van der Waals surface area contributed by atoms with Gasteiger partial charge in [-0.25, -0.2) is 0 Å². The van der Waals surface area contributed by atoms with Crippen LogP contribution in [-0.4, -0.2) is 47.8 Å². The number of amides is 2. The van der Waals surface area contributed by atoms with E-state index in [9.17, 15) is 9.59 Å². The van der Waals surface area contributed by atoms with E-state index in [1.807, 2.05) is 47.4 Å². The number of nitrogens with zero attached hydrogens (tertiary/aromatic N) is 2. The maximum Gasteiger partial charge on any atom is 0.253 e. The molecule has 1 spiro atoms. The van der Waals surface area contributed by atoms with Crippen molar-refractivity contribution in [1.82, 2.24) is 15.1 Å². The van der Waals surface area contributed by atoms with Crippen LogP contribution in [0, 0.1) is 11.3 Å². The standard InChI is InChI=1S/C28H35N3O2/c32-26(29-20-22-7-3-1-4-8-22)25-19-28(25)13-17-31(18-14-28)27(33)24-11-9-23(10-12-24)21-30-15-5-2-6-16-30/h1,3-4,7-12,25H,2,5-6,13-21H2,(H,29,32)/t25-/m1/s1. The first-order valence-electron chi connectivity index (χ1n) is 12.6. The first-order chi connectivity index (χ1) is 16.1. The molecule has 0 radical (unpaired) electrons. The summed E-state index contributed by atoms with van der Waals surface area (Å²) in [6.07, 6.45) is 6.75. The van der Waals surface area contributed by atoms with Crippen LogP contribution >= 0.6 is 0 Å². The average Bonchev–Trinajstić information content (AvgIpc) is 3.57. The SMILES string of the molecule is O=C(NCc1ccccc1)[C@H]1CC12CCN(C(=O)c1ccc(CN3CCCCC3)cc1)CC2. The summed E-state index contributed by atoms with van der Waals surface area (Å²) in [5.41, 5.74) is 3.30. The molecule has 2 aromatic rings. The van der Waals surface area contributed by atoms with Crippen LogP contribution in [0.5, 0.6) is 0 Å². The molecule has 2 amide bonds. The lowest BCUT2D eigenvalue weighted by Gasteiger charge is -2.33. The third-order valence-electron chi connectivity index (χ3n) is 7.92. The smallest absolute Gasteiger partial charge is 0.253 e. The van der Waals surface area contributed by atoms with E-state index < -0.39 is 0 Å². The van der Waals surface area contributed by atoms with Gasteiger partial charge in [-0.05, 0) is 73.9 Å². The Hall–Kier alpha value is -2.66. The van der Waals surface area contributed by atoms with Gasteiger partial charge in [-0.3, -0.25) is 14.5 Å². The highest BCUT2D eigenvalue weighted by Crippen LogP contribution is 2.59. The van der Waals surface area contributed by atoms with E-state index in [0.29, 0.717) is 6.54 Å². The van der Waals surface area contributed by atoms with E-state index in [0.717, 1.165) is 50.0 Å². The number of likely N-dealkylation sites (tertiary alicyclic amines) is 2. The molecule has 1 saturated carbocycles. The maximum absolute atomic E-state index is 13.0. The Morgan fingerprint density at radius 1 is 0.848 bits per heavy atom.